The normalized spacial score (nSPS) is 11.1. The second-order valence-electron chi connectivity index (χ2n) is 6.52. The van der Waals surface area contributed by atoms with Crippen LogP contribution in [-0.4, -0.2) is 39.7 Å². The number of anilines is 2. The number of nitrogens with zero attached hydrogens (tertiary/aromatic N) is 1. The van der Waals surface area contributed by atoms with Crippen LogP contribution in [-0.2, 0) is 19.6 Å². The fourth-order valence-corrected chi connectivity index (χ4v) is 3.78. The number of carbonyl (C=O) groups is 2. The highest BCUT2D eigenvalue weighted by Crippen LogP contribution is 2.26. The molecule has 156 valence electrons. The minimum absolute atomic E-state index is 0.140. The largest absolute Gasteiger partial charge is 0.462 e. The number of esters is 1. The Morgan fingerprint density at radius 1 is 1.14 bits per heavy atom. The summed E-state index contributed by atoms with van der Waals surface area (Å²) in [6.07, 6.45) is 1.04. The zero-order valence-corrected chi connectivity index (χ0v) is 18.2. The van der Waals surface area contributed by atoms with E-state index < -0.39 is 28.4 Å². The monoisotopic (exact) mass is 438 g/mol. The Morgan fingerprint density at radius 3 is 2.41 bits per heavy atom. The van der Waals surface area contributed by atoms with Crippen LogP contribution in [0.5, 0.6) is 0 Å². The summed E-state index contributed by atoms with van der Waals surface area (Å²) >= 11 is 6.15. The molecular weight excluding hydrogens is 416 g/mol. The molecule has 0 aliphatic heterocycles. The highest BCUT2D eigenvalue weighted by molar-refractivity contribution is 7.92. The molecule has 0 aliphatic rings. The van der Waals surface area contributed by atoms with Crippen molar-refractivity contribution in [3.05, 3.63) is 58.1 Å². The van der Waals surface area contributed by atoms with E-state index in [1.54, 1.807) is 26.0 Å². The lowest BCUT2D eigenvalue weighted by atomic mass is 10.1. The average molecular weight is 439 g/mol. The first kappa shape index (κ1) is 22.7. The van der Waals surface area contributed by atoms with Crippen LogP contribution in [0.2, 0.25) is 5.02 Å². The fraction of sp³-hybridized carbons (Fsp3) is 0.300. The van der Waals surface area contributed by atoms with Crippen LogP contribution in [0.1, 0.15) is 28.4 Å². The van der Waals surface area contributed by atoms with E-state index in [4.69, 9.17) is 16.3 Å². The number of hydrogen-bond acceptors (Lipinski definition) is 5. The summed E-state index contributed by atoms with van der Waals surface area (Å²) < 4.78 is 30.6. The van der Waals surface area contributed by atoms with Crippen molar-refractivity contribution in [2.75, 3.05) is 29.0 Å². The second kappa shape index (κ2) is 9.28. The Bertz CT molecular complexity index is 1040. The first-order valence-corrected chi connectivity index (χ1v) is 11.1. The molecule has 1 amide bonds. The predicted octanol–water partition coefficient (Wildman–Crippen LogP) is 3.54. The molecule has 0 radical (unpaired) electrons. The number of nitrogens with one attached hydrogen (secondary N) is 1. The number of ether oxygens (including phenoxy) is 1. The number of amides is 1. The van der Waals surface area contributed by atoms with Gasteiger partial charge in [-0.25, -0.2) is 13.2 Å². The maximum Gasteiger partial charge on any atom is 0.338 e. The van der Waals surface area contributed by atoms with E-state index in [0.717, 1.165) is 21.7 Å². The van der Waals surface area contributed by atoms with E-state index in [1.807, 2.05) is 13.0 Å². The lowest BCUT2D eigenvalue weighted by Crippen LogP contribution is -2.38. The highest BCUT2D eigenvalue weighted by Gasteiger charge is 2.23. The van der Waals surface area contributed by atoms with E-state index in [1.165, 1.54) is 18.2 Å². The third-order valence-corrected chi connectivity index (χ3v) is 5.51. The standard InChI is InChI=1S/C20H23ClN2O5S/c1-5-28-20(25)15-8-9-17(16(21)11-15)22-19(24)12-23(29(4,26)27)18-10-13(2)6-7-14(18)3/h6-11H,5,12H2,1-4H3,(H,22,24). The van der Waals surface area contributed by atoms with Gasteiger partial charge in [0, 0.05) is 0 Å². The molecule has 0 saturated heterocycles. The van der Waals surface area contributed by atoms with E-state index in [2.05, 4.69) is 5.32 Å². The molecule has 2 rings (SSSR count). The van der Waals surface area contributed by atoms with Crippen LogP contribution >= 0.6 is 11.6 Å². The maximum atomic E-state index is 12.5. The van der Waals surface area contributed by atoms with Crippen molar-refractivity contribution in [1.29, 1.82) is 0 Å². The van der Waals surface area contributed by atoms with Crippen molar-refractivity contribution in [3.8, 4) is 0 Å². The molecule has 9 heteroatoms. The lowest BCUT2D eigenvalue weighted by Gasteiger charge is -2.24. The van der Waals surface area contributed by atoms with Gasteiger partial charge in [-0.3, -0.25) is 9.10 Å². The molecule has 0 aliphatic carbocycles. The molecule has 29 heavy (non-hydrogen) atoms. The molecule has 0 unspecified atom stereocenters. The van der Waals surface area contributed by atoms with Gasteiger partial charge < -0.3 is 10.1 Å². The van der Waals surface area contributed by atoms with Crippen LogP contribution in [0.3, 0.4) is 0 Å². The minimum atomic E-state index is -3.70. The third-order valence-electron chi connectivity index (χ3n) is 4.08. The summed E-state index contributed by atoms with van der Waals surface area (Å²) in [7, 11) is -3.70. The Labute approximate surface area is 175 Å². The predicted molar refractivity (Wildman–Crippen MR) is 114 cm³/mol. The number of halogens is 1. The Kier molecular flexibility index (Phi) is 7.26. The highest BCUT2D eigenvalue weighted by atomic mass is 35.5. The van der Waals surface area contributed by atoms with Crippen molar-refractivity contribution in [3.63, 3.8) is 0 Å². The van der Waals surface area contributed by atoms with Crippen LogP contribution < -0.4 is 9.62 Å². The SMILES string of the molecule is CCOC(=O)c1ccc(NC(=O)CN(c2cc(C)ccc2C)S(C)(=O)=O)c(Cl)c1. The summed E-state index contributed by atoms with van der Waals surface area (Å²) in [5.74, 6) is -1.09. The smallest absolute Gasteiger partial charge is 0.338 e. The van der Waals surface area contributed by atoms with Crippen molar-refractivity contribution < 1.29 is 22.7 Å². The molecule has 0 aromatic heterocycles. The molecule has 2 aromatic carbocycles. The Morgan fingerprint density at radius 2 is 1.83 bits per heavy atom. The van der Waals surface area contributed by atoms with Gasteiger partial charge in [-0.1, -0.05) is 23.7 Å². The molecule has 7 nitrogen and oxygen atoms in total. The van der Waals surface area contributed by atoms with Crippen LogP contribution in [0.15, 0.2) is 36.4 Å². The zero-order chi connectivity index (χ0) is 21.8. The molecule has 0 fully saturated rings. The maximum absolute atomic E-state index is 12.5. The summed E-state index contributed by atoms with van der Waals surface area (Å²) in [5, 5.41) is 2.73. The van der Waals surface area contributed by atoms with E-state index in [9.17, 15) is 18.0 Å². The molecular formula is C20H23ClN2O5S. The van der Waals surface area contributed by atoms with Crippen molar-refractivity contribution >= 4 is 44.9 Å². The first-order valence-electron chi connectivity index (χ1n) is 8.84. The van der Waals surface area contributed by atoms with E-state index in [0.29, 0.717) is 5.69 Å². The molecule has 2 aromatic rings. The minimum Gasteiger partial charge on any atom is -0.462 e. The number of sulfonamides is 1. The molecule has 0 bridgehead atoms. The van der Waals surface area contributed by atoms with Crippen LogP contribution in [0.4, 0.5) is 11.4 Å². The molecule has 1 N–H and O–H groups in total. The number of carbonyl (C=O) groups excluding carboxylic acids is 2. The van der Waals surface area contributed by atoms with Gasteiger partial charge in [0.25, 0.3) is 0 Å². The number of hydrogen-bond donors (Lipinski definition) is 1. The van der Waals surface area contributed by atoms with Gasteiger partial charge in [-0.15, -0.1) is 0 Å². The zero-order valence-electron chi connectivity index (χ0n) is 16.7. The topological polar surface area (TPSA) is 92.8 Å². The summed E-state index contributed by atoms with van der Waals surface area (Å²) in [4.78, 5) is 24.3. The third kappa shape index (κ3) is 5.95. The molecule has 0 heterocycles. The van der Waals surface area contributed by atoms with Crippen LogP contribution in [0.25, 0.3) is 0 Å². The lowest BCUT2D eigenvalue weighted by molar-refractivity contribution is -0.114. The summed E-state index contributed by atoms with van der Waals surface area (Å²) in [5.41, 5.74) is 2.55. The first-order chi connectivity index (χ1) is 13.5. The fourth-order valence-electron chi connectivity index (χ4n) is 2.65. The van der Waals surface area contributed by atoms with Crippen molar-refractivity contribution in [1.82, 2.24) is 0 Å². The van der Waals surface area contributed by atoms with Gasteiger partial charge in [0.05, 0.1) is 34.8 Å². The van der Waals surface area contributed by atoms with Gasteiger partial charge >= 0.3 is 5.97 Å². The van der Waals surface area contributed by atoms with Gasteiger partial charge in [0.15, 0.2) is 0 Å². The van der Waals surface area contributed by atoms with Gasteiger partial charge in [-0.2, -0.15) is 0 Å². The quantitative estimate of drug-likeness (QED) is 0.667. The molecule has 0 saturated carbocycles. The number of benzene rings is 2. The van der Waals surface area contributed by atoms with Crippen molar-refractivity contribution in [2.45, 2.75) is 20.8 Å². The Hall–Kier alpha value is -2.58. The molecule has 0 spiro atoms. The Balaban J connectivity index is 2.23. The number of aryl methyl sites for hydroxylation is 2. The van der Waals surface area contributed by atoms with Gasteiger partial charge in [-0.05, 0) is 56.2 Å². The van der Waals surface area contributed by atoms with Gasteiger partial charge in [0.1, 0.15) is 6.54 Å². The van der Waals surface area contributed by atoms with Crippen LogP contribution in [0, 0.1) is 13.8 Å². The average Bonchev–Trinajstić information content (AvgIpc) is 2.63. The van der Waals surface area contributed by atoms with E-state index in [-0.39, 0.29) is 22.9 Å². The van der Waals surface area contributed by atoms with Gasteiger partial charge in [0.2, 0.25) is 15.9 Å². The van der Waals surface area contributed by atoms with E-state index >= 15 is 0 Å². The second-order valence-corrected chi connectivity index (χ2v) is 8.84. The van der Waals surface area contributed by atoms with Crippen molar-refractivity contribution in [2.24, 2.45) is 0 Å². The summed E-state index contributed by atoms with van der Waals surface area (Å²) in [6.45, 7) is 5.12. The number of rotatable bonds is 7. The molecule has 0 atom stereocenters. The summed E-state index contributed by atoms with van der Waals surface area (Å²) in [6, 6.07) is 9.70.